The molecular weight excluding hydrogens is 264 g/mol. The number of hydrogen-bond donors (Lipinski definition) is 2. The number of carbonyl (C=O) groups is 1. The van der Waals surface area contributed by atoms with Gasteiger partial charge >= 0.3 is 5.97 Å². The zero-order valence-electron chi connectivity index (χ0n) is 12.3. The SMILES string of the molecule is Cc1ccc(C(C)(CCC(=O)O)c2ccc(O)cc2)cc1. The van der Waals surface area contributed by atoms with Gasteiger partial charge in [-0.25, -0.2) is 0 Å². The summed E-state index contributed by atoms with van der Waals surface area (Å²) in [6.07, 6.45) is 0.613. The highest BCUT2D eigenvalue weighted by Crippen LogP contribution is 2.37. The summed E-state index contributed by atoms with van der Waals surface area (Å²) in [6, 6.07) is 15.2. The molecule has 0 fully saturated rings. The molecule has 1 unspecified atom stereocenters. The van der Waals surface area contributed by atoms with Crippen LogP contribution in [0.15, 0.2) is 48.5 Å². The maximum Gasteiger partial charge on any atom is 0.303 e. The van der Waals surface area contributed by atoms with Gasteiger partial charge in [0.15, 0.2) is 0 Å². The number of hydrogen-bond acceptors (Lipinski definition) is 2. The maximum absolute atomic E-state index is 11.0. The van der Waals surface area contributed by atoms with Crippen LogP contribution in [-0.2, 0) is 10.2 Å². The highest BCUT2D eigenvalue weighted by molar-refractivity contribution is 5.67. The molecule has 0 aliphatic heterocycles. The van der Waals surface area contributed by atoms with Gasteiger partial charge in [-0.3, -0.25) is 4.79 Å². The monoisotopic (exact) mass is 284 g/mol. The van der Waals surface area contributed by atoms with Gasteiger partial charge in [0.25, 0.3) is 0 Å². The molecule has 0 aliphatic carbocycles. The van der Waals surface area contributed by atoms with Crippen LogP contribution in [0.5, 0.6) is 5.75 Å². The number of phenolic OH excluding ortho intramolecular Hbond substituents is 1. The summed E-state index contributed by atoms with van der Waals surface area (Å²) < 4.78 is 0. The molecule has 3 nitrogen and oxygen atoms in total. The average Bonchev–Trinajstić information content (AvgIpc) is 2.46. The Balaban J connectivity index is 2.44. The number of aromatic hydroxyl groups is 1. The highest BCUT2D eigenvalue weighted by Gasteiger charge is 2.29. The van der Waals surface area contributed by atoms with Gasteiger partial charge in [0.1, 0.15) is 5.75 Å². The number of carboxylic acids is 1. The molecule has 0 heterocycles. The molecule has 110 valence electrons. The van der Waals surface area contributed by atoms with E-state index in [0.717, 1.165) is 11.1 Å². The summed E-state index contributed by atoms with van der Waals surface area (Å²) in [5.74, 6) is -0.588. The molecule has 0 amide bonds. The largest absolute Gasteiger partial charge is 0.508 e. The van der Waals surface area contributed by atoms with Crippen LogP contribution in [0.2, 0.25) is 0 Å². The minimum absolute atomic E-state index is 0.102. The van der Waals surface area contributed by atoms with Crippen molar-refractivity contribution in [3.63, 3.8) is 0 Å². The lowest BCUT2D eigenvalue weighted by atomic mass is 9.73. The van der Waals surface area contributed by atoms with E-state index in [-0.39, 0.29) is 17.6 Å². The molecule has 3 heteroatoms. The Morgan fingerprint density at radius 3 is 1.95 bits per heavy atom. The minimum atomic E-state index is -0.799. The molecule has 1 atom stereocenters. The quantitative estimate of drug-likeness (QED) is 0.876. The Labute approximate surface area is 124 Å². The fourth-order valence-electron chi connectivity index (χ4n) is 2.56. The summed E-state index contributed by atoms with van der Waals surface area (Å²) >= 11 is 0. The van der Waals surface area contributed by atoms with E-state index < -0.39 is 5.97 Å². The normalized spacial score (nSPS) is 13.6. The lowest BCUT2D eigenvalue weighted by Crippen LogP contribution is -2.24. The second-order valence-corrected chi connectivity index (χ2v) is 5.64. The van der Waals surface area contributed by atoms with Crippen LogP contribution in [-0.4, -0.2) is 16.2 Å². The topological polar surface area (TPSA) is 57.5 Å². The first-order valence-electron chi connectivity index (χ1n) is 7.00. The van der Waals surface area contributed by atoms with Gasteiger partial charge in [0.2, 0.25) is 0 Å². The van der Waals surface area contributed by atoms with Crippen molar-refractivity contribution in [3.8, 4) is 5.75 Å². The summed E-state index contributed by atoms with van der Waals surface area (Å²) in [5, 5.41) is 18.5. The number of benzene rings is 2. The van der Waals surface area contributed by atoms with E-state index in [2.05, 4.69) is 0 Å². The average molecular weight is 284 g/mol. The zero-order valence-corrected chi connectivity index (χ0v) is 12.3. The molecule has 0 saturated heterocycles. The second kappa shape index (κ2) is 6.00. The number of aliphatic carboxylic acids is 1. The first kappa shape index (κ1) is 15.1. The van der Waals surface area contributed by atoms with E-state index in [9.17, 15) is 9.90 Å². The molecule has 0 bridgehead atoms. The third-order valence-electron chi connectivity index (χ3n) is 4.03. The second-order valence-electron chi connectivity index (χ2n) is 5.64. The molecule has 0 aromatic heterocycles. The van der Waals surface area contributed by atoms with Crippen molar-refractivity contribution in [2.75, 3.05) is 0 Å². The third kappa shape index (κ3) is 3.43. The Bertz CT molecular complexity index is 566. The van der Waals surface area contributed by atoms with Crippen LogP contribution in [0, 0.1) is 6.92 Å². The molecule has 0 saturated carbocycles. The summed E-state index contributed by atoms with van der Waals surface area (Å²) in [4.78, 5) is 11.0. The van der Waals surface area contributed by atoms with E-state index in [0.29, 0.717) is 6.42 Å². The fraction of sp³-hybridized carbons (Fsp3) is 0.278. The van der Waals surface area contributed by atoms with Crippen molar-refractivity contribution in [1.29, 1.82) is 0 Å². The number of carboxylic acid groups (broad SMARTS) is 1. The predicted octanol–water partition coefficient (Wildman–Crippen LogP) is 3.87. The van der Waals surface area contributed by atoms with Crippen molar-refractivity contribution in [3.05, 3.63) is 65.2 Å². The van der Waals surface area contributed by atoms with E-state index in [1.807, 2.05) is 50.2 Å². The first-order valence-corrected chi connectivity index (χ1v) is 7.00. The number of aryl methyl sites for hydroxylation is 1. The van der Waals surface area contributed by atoms with E-state index in [1.54, 1.807) is 12.1 Å². The van der Waals surface area contributed by atoms with E-state index in [1.165, 1.54) is 5.56 Å². The van der Waals surface area contributed by atoms with Crippen LogP contribution in [0.3, 0.4) is 0 Å². The molecular formula is C18H20O3. The van der Waals surface area contributed by atoms with Gasteiger partial charge in [0.05, 0.1) is 0 Å². The van der Waals surface area contributed by atoms with Crippen molar-refractivity contribution in [2.24, 2.45) is 0 Å². The lowest BCUT2D eigenvalue weighted by molar-refractivity contribution is -0.137. The summed E-state index contributed by atoms with van der Waals surface area (Å²) in [6.45, 7) is 4.08. The lowest BCUT2D eigenvalue weighted by Gasteiger charge is -2.31. The molecule has 0 aliphatic rings. The molecule has 0 spiro atoms. The van der Waals surface area contributed by atoms with Gasteiger partial charge in [-0.1, -0.05) is 48.9 Å². The minimum Gasteiger partial charge on any atom is -0.508 e. The smallest absolute Gasteiger partial charge is 0.303 e. The van der Waals surface area contributed by atoms with Crippen LogP contribution in [0.25, 0.3) is 0 Å². The molecule has 2 rings (SSSR count). The first-order chi connectivity index (χ1) is 9.91. The highest BCUT2D eigenvalue weighted by atomic mass is 16.4. The maximum atomic E-state index is 11.0. The molecule has 2 N–H and O–H groups in total. The third-order valence-corrected chi connectivity index (χ3v) is 4.03. The van der Waals surface area contributed by atoms with E-state index >= 15 is 0 Å². The number of phenols is 1. The number of rotatable bonds is 5. The summed E-state index contributed by atoms with van der Waals surface area (Å²) in [7, 11) is 0. The van der Waals surface area contributed by atoms with Gasteiger partial charge in [0, 0.05) is 11.8 Å². The fourth-order valence-corrected chi connectivity index (χ4v) is 2.56. The zero-order chi connectivity index (χ0) is 15.5. The van der Waals surface area contributed by atoms with Crippen LogP contribution >= 0.6 is 0 Å². The van der Waals surface area contributed by atoms with Gasteiger partial charge in [-0.15, -0.1) is 0 Å². The van der Waals surface area contributed by atoms with Crippen molar-refractivity contribution >= 4 is 5.97 Å². The Kier molecular flexibility index (Phi) is 4.32. The Hall–Kier alpha value is -2.29. The van der Waals surface area contributed by atoms with Gasteiger partial charge in [-0.05, 0) is 36.6 Å². The van der Waals surface area contributed by atoms with Crippen LogP contribution in [0.1, 0.15) is 36.5 Å². The summed E-state index contributed by atoms with van der Waals surface area (Å²) in [5.41, 5.74) is 2.87. The Morgan fingerprint density at radius 2 is 1.48 bits per heavy atom. The van der Waals surface area contributed by atoms with Gasteiger partial charge < -0.3 is 10.2 Å². The molecule has 2 aromatic rings. The van der Waals surface area contributed by atoms with Crippen LogP contribution < -0.4 is 0 Å². The Morgan fingerprint density at radius 1 is 1.00 bits per heavy atom. The van der Waals surface area contributed by atoms with Crippen LogP contribution in [0.4, 0.5) is 0 Å². The van der Waals surface area contributed by atoms with Crippen molar-refractivity contribution in [1.82, 2.24) is 0 Å². The standard InChI is InChI=1S/C18H20O3/c1-13-3-5-14(6-4-13)18(2,12-11-17(20)21)15-7-9-16(19)10-8-15/h3-10,19H,11-12H2,1-2H3,(H,20,21). The predicted molar refractivity (Wildman–Crippen MR) is 82.6 cm³/mol. The van der Waals surface area contributed by atoms with Gasteiger partial charge in [-0.2, -0.15) is 0 Å². The molecule has 2 aromatic carbocycles. The molecule has 21 heavy (non-hydrogen) atoms. The molecule has 0 radical (unpaired) electrons. The van der Waals surface area contributed by atoms with E-state index in [4.69, 9.17) is 5.11 Å². The van der Waals surface area contributed by atoms with Crippen molar-refractivity contribution < 1.29 is 15.0 Å². The van der Waals surface area contributed by atoms with Crippen molar-refractivity contribution in [2.45, 2.75) is 32.1 Å².